The highest BCUT2D eigenvalue weighted by Gasteiger charge is 2.33. The monoisotopic (exact) mass is 449 g/mol. The predicted octanol–water partition coefficient (Wildman–Crippen LogP) is 1.04. The third-order valence-corrected chi connectivity index (χ3v) is 5.99. The minimum atomic E-state index is -0.548. The number of amides is 2. The Morgan fingerprint density at radius 1 is 1.32 bits per heavy atom. The first-order valence-electron chi connectivity index (χ1n) is 9.96. The quantitative estimate of drug-likeness (QED) is 0.672. The van der Waals surface area contributed by atoms with Crippen molar-refractivity contribution >= 4 is 39.8 Å². The van der Waals surface area contributed by atoms with Gasteiger partial charge in [0.15, 0.2) is 0 Å². The fourth-order valence-electron chi connectivity index (χ4n) is 3.69. The Labute approximate surface area is 182 Å². The van der Waals surface area contributed by atoms with Gasteiger partial charge in [-0.3, -0.25) is 14.6 Å². The van der Waals surface area contributed by atoms with Crippen LogP contribution in [0.15, 0.2) is 18.2 Å². The largest absolute Gasteiger partial charge is 0.442 e. The maximum Gasteiger partial charge on any atom is 0.414 e. The van der Waals surface area contributed by atoms with Crippen LogP contribution in [-0.4, -0.2) is 72.5 Å². The summed E-state index contributed by atoms with van der Waals surface area (Å²) in [6.07, 6.45) is -1.01. The number of ether oxygens (including phenoxy) is 1. The van der Waals surface area contributed by atoms with Crippen LogP contribution in [-0.2, 0) is 16.1 Å². The summed E-state index contributed by atoms with van der Waals surface area (Å²) in [4.78, 5) is 28.8. The summed E-state index contributed by atoms with van der Waals surface area (Å²) in [5.74, 6) is -0.585. The first kappa shape index (κ1) is 21.2. The van der Waals surface area contributed by atoms with Crippen LogP contribution in [0, 0.1) is 5.82 Å². The van der Waals surface area contributed by atoms with E-state index in [4.69, 9.17) is 10.5 Å². The number of nitrogens with one attached hydrogen (secondary N) is 1. The highest BCUT2D eigenvalue weighted by molar-refractivity contribution is 7.15. The lowest BCUT2D eigenvalue weighted by Crippen LogP contribution is -2.46. The molecule has 2 aliphatic heterocycles. The van der Waals surface area contributed by atoms with Crippen molar-refractivity contribution in [3.63, 3.8) is 0 Å². The van der Waals surface area contributed by atoms with Crippen molar-refractivity contribution < 1.29 is 18.7 Å². The Morgan fingerprint density at radius 2 is 2.10 bits per heavy atom. The number of nitrogens with zero attached hydrogens (tertiary/aromatic N) is 5. The van der Waals surface area contributed by atoms with Gasteiger partial charge < -0.3 is 20.7 Å². The molecule has 2 aromatic rings. The molecular weight excluding hydrogens is 425 g/mol. The summed E-state index contributed by atoms with van der Waals surface area (Å²) < 4.78 is 20.1. The van der Waals surface area contributed by atoms with Crippen LogP contribution in [0.1, 0.15) is 11.9 Å². The van der Waals surface area contributed by atoms with Crippen LogP contribution in [0.25, 0.3) is 0 Å². The third kappa shape index (κ3) is 5.02. The smallest absolute Gasteiger partial charge is 0.414 e. The van der Waals surface area contributed by atoms with Crippen molar-refractivity contribution in [2.75, 3.05) is 54.8 Å². The highest BCUT2D eigenvalue weighted by atomic mass is 32.1. The fourth-order valence-corrected chi connectivity index (χ4v) is 4.34. The predicted molar refractivity (Wildman–Crippen MR) is 115 cm³/mol. The topological polar surface area (TPSA) is 117 Å². The summed E-state index contributed by atoms with van der Waals surface area (Å²) in [5.41, 5.74) is 6.57. The van der Waals surface area contributed by atoms with Crippen LogP contribution in [0.3, 0.4) is 0 Å². The van der Waals surface area contributed by atoms with Crippen molar-refractivity contribution in [3.8, 4) is 0 Å². The van der Waals surface area contributed by atoms with Gasteiger partial charge in [0.05, 0.1) is 31.0 Å². The van der Waals surface area contributed by atoms with Gasteiger partial charge in [-0.05, 0) is 18.2 Å². The lowest BCUT2D eigenvalue weighted by atomic mass is 10.2. The summed E-state index contributed by atoms with van der Waals surface area (Å²) in [7, 11) is 0. The summed E-state index contributed by atoms with van der Waals surface area (Å²) in [6.45, 7) is 5.45. The lowest BCUT2D eigenvalue weighted by Gasteiger charge is -2.35. The standard InChI is InChI=1S/C19H24FN7O3S/c1-12(28)22-9-14-10-27(19(29)30-14)13-2-3-16(15(20)8-13)26-6-4-25(5-7-26)11-17-23-24-18(21)31-17/h2-3,8,14H,4-7,9-11H2,1H3,(H2,21,24)(H,22,28)/t14-/m0/s1. The second kappa shape index (κ2) is 9.02. The van der Waals surface area contributed by atoms with Gasteiger partial charge in [0.25, 0.3) is 0 Å². The maximum atomic E-state index is 14.9. The number of carbonyl (C=O) groups excluding carboxylic acids is 2. The van der Waals surface area contributed by atoms with Crippen LogP contribution in [0.4, 0.5) is 25.7 Å². The van der Waals surface area contributed by atoms with Crippen LogP contribution >= 0.6 is 11.3 Å². The molecule has 2 fully saturated rings. The molecule has 166 valence electrons. The van der Waals surface area contributed by atoms with Gasteiger partial charge in [0.2, 0.25) is 11.0 Å². The van der Waals surface area contributed by atoms with Crippen LogP contribution in [0.2, 0.25) is 0 Å². The minimum absolute atomic E-state index is 0.197. The lowest BCUT2D eigenvalue weighted by molar-refractivity contribution is -0.119. The molecule has 0 bridgehead atoms. The number of cyclic esters (lactones) is 1. The molecule has 2 amide bonds. The molecule has 1 atom stereocenters. The van der Waals surface area contributed by atoms with E-state index in [-0.39, 0.29) is 24.8 Å². The molecule has 0 radical (unpaired) electrons. The number of piperazine rings is 1. The molecule has 1 aromatic carbocycles. The van der Waals surface area contributed by atoms with Crippen molar-refractivity contribution in [2.45, 2.75) is 19.6 Å². The molecule has 12 heteroatoms. The maximum absolute atomic E-state index is 14.9. The SMILES string of the molecule is CC(=O)NC[C@H]1CN(c2ccc(N3CCN(Cc4nnc(N)s4)CC3)c(F)c2)C(=O)O1. The number of halogens is 1. The van der Waals surface area contributed by atoms with Crippen molar-refractivity contribution in [1.29, 1.82) is 0 Å². The molecule has 1 aromatic heterocycles. The summed E-state index contributed by atoms with van der Waals surface area (Å²) >= 11 is 1.38. The Balaban J connectivity index is 1.35. The molecule has 2 saturated heterocycles. The van der Waals surface area contributed by atoms with E-state index in [1.165, 1.54) is 29.2 Å². The van der Waals surface area contributed by atoms with Crippen molar-refractivity contribution in [3.05, 3.63) is 29.0 Å². The zero-order valence-corrected chi connectivity index (χ0v) is 17.9. The van der Waals surface area contributed by atoms with E-state index in [0.717, 1.165) is 18.1 Å². The van der Waals surface area contributed by atoms with Crippen molar-refractivity contribution in [2.24, 2.45) is 0 Å². The summed E-state index contributed by atoms with van der Waals surface area (Å²) in [5, 5.41) is 11.8. The number of nitrogens with two attached hydrogens (primary N) is 1. The molecule has 3 N–H and O–H groups in total. The van der Waals surface area contributed by atoms with Gasteiger partial charge in [-0.1, -0.05) is 11.3 Å². The second-order valence-corrected chi connectivity index (χ2v) is 8.58. The summed E-state index contributed by atoms with van der Waals surface area (Å²) in [6, 6.07) is 4.77. The highest BCUT2D eigenvalue weighted by Crippen LogP contribution is 2.28. The van der Waals surface area contributed by atoms with E-state index in [2.05, 4.69) is 20.4 Å². The van der Waals surface area contributed by atoms with E-state index in [9.17, 15) is 14.0 Å². The molecule has 31 heavy (non-hydrogen) atoms. The molecule has 10 nitrogen and oxygen atoms in total. The normalized spacial score (nSPS) is 19.5. The first-order valence-corrected chi connectivity index (χ1v) is 10.8. The average Bonchev–Trinajstić information content (AvgIpc) is 3.32. The molecule has 0 spiro atoms. The number of aromatic nitrogens is 2. The van der Waals surface area contributed by atoms with Crippen LogP contribution in [0.5, 0.6) is 0 Å². The number of hydrogen-bond acceptors (Lipinski definition) is 9. The number of anilines is 3. The van der Waals surface area contributed by atoms with E-state index < -0.39 is 12.2 Å². The van der Waals surface area contributed by atoms with Gasteiger partial charge in [-0.25, -0.2) is 9.18 Å². The number of benzene rings is 1. The Morgan fingerprint density at radius 3 is 2.74 bits per heavy atom. The Hall–Kier alpha value is -2.99. The number of carbonyl (C=O) groups is 2. The molecule has 4 rings (SSSR count). The van der Waals surface area contributed by atoms with Gasteiger partial charge in [-0.15, -0.1) is 10.2 Å². The zero-order chi connectivity index (χ0) is 22.0. The molecular formula is C19H24FN7O3S. The molecule has 2 aliphatic rings. The van der Waals surface area contributed by atoms with Crippen molar-refractivity contribution in [1.82, 2.24) is 20.4 Å². The Kier molecular flexibility index (Phi) is 6.18. The van der Waals surface area contributed by atoms with E-state index in [0.29, 0.717) is 36.1 Å². The first-order chi connectivity index (χ1) is 14.9. The van der Waals surface area contributed by atoms with E-state index in [1.54, 1.807) is 12.1 Å². The van der Waals surface area contributed by atoms with E-state index in [1.807, 2.05) is 4.90 Å². The zero-order valence-electron chi connectivity index (χ0n) is 17.1. The van der Waals surface area contributed by atoms with E-state index >= 15 is 0 Å². The number of nitrogen functional groups attached to an aromatic ring is 1. The number of rotatable bonds is 6. The van der Waals surface area contributed by atoms with Gasteiger partial charge in [-0.2, -0.15) is 0 Å². The van der Waals surface area contributed by atoms with Crippen LogP contribution < -0.4 is 20.9 Å². The molecule has 0 saturated carbocycles. The number of hydrogen-bond donors (Lipinski definition) is 2. The molecule has 0 unspecified atom stereocenters. The molecule has 3 heterocycles. The second-order valence-electron chi connectivity index (χ2n) is 7.49. The fraction of sp³-hybridized carbons (Fsp3) is 0.474. The van der Waals surface area contributed by atoms with Gasteiger partial charge in [0.1, 0.15) is 16.9 Å². The Bertz CT molecular complexity index is 964. The van der Waals surface area contributed by atoms with Gasteiger partial charge in [0, 0.05) is 33.1 Å². The molecule has 0 aliphatic carbocycles. The third-order valence-electron chi connectivity index (χ3n) is 5.25. The average molecular weight is 450 g/mol. The van der Waals surface area contributed by atoms with Gasteiger partial charge >= 0.3 is 6.09 Å². The minimum Gasteiger partial charge on any atom is -0.442 e.